The Labute approximate surface area is 196 Å². The molecule has 0 saturated carbocycles. The van der Waals surface area contributed by atoms with Crippen molar-refractivity contribution >= 4 is 22.9 Å². The fraction of sp³-hybridized carbons (Fsp3) is 0.333. The number of rotatable bonds is 8. The molecule has 9 heteroatoms. The van der Waals surface area contributed by atoms with E-state index in [9.17, 15) is 9.90 Å². The van der Waals surface area contributed by atoms with Crippen molar-refractivity contribution in [3.63, 3.8) is 0 Å². The van der Waals surface area contributed by atoms with Crippen LogP contribution in [0.2, 0.25) is 0 Å². The molecule has 1 aromatic carbocycles. The lowest BCUT2D eigenvalue weighted by Crippen LogP contribution is -2.35. The number of anilines is 1. The molecule has 0 aliphatic carbocycles. The van der Waals surface area contributed by atoms with E-state index in [1.807, 2.05) is 29.5 Å². The van der Waals surface area contributed by atoms with Crippen LogP contribution in [0.5, 0.6) is 5.75 Å². The summed E-state index contributed by atoms with van der Waals surface area (Å²) in [5.74, 6) is -2.40. The smallest absolute Gasteiger partial charge is 0.257 e. The zero-order valence-electron chi connectivity index (χ0n) is 18.6. The van der Waals surface area contributed by atoms with E-state index >= 15 is 4.39 Å². The number of likely N-dealkylation sites (N-methyl/N-ethyl adjacent to an activating group) is 1. The minimum absolute atomic E-state index is 0.0396. The first-order valence-electron chi connectivity index (χ1n) is 10.7. The Morgan fingerprint density at radius 2 is 2.15 bits per heavy atom. The first-order valence-corrected chi connectivity index (χ1v) is 11.6. The number of carbonyl (C=O) groups is 1. The van der Waals surface area contributed by atoms with Crippen LogP contribution < -0.4 is 15.0 Å². The number of hydrogen-bond donors (Lipinski definition) is 2. The van der Waals surface area contributed by atoms with E-state index < -0.39 is 11.6 Å². The van der Waals surface area contributed by atoms with Crippen molar-refractivity contribution in [2.75, 3.05) is 38.6 Å². The van der Waals surface area contributed by atoms with Gasteiger partial charge in [0.2, 0.25) is 5.79 Å². The number of carbonyl (C=O) groups excluding carboxylic acids is 1. The minimum atomic E-state index is -1.64. The van der Waals surface area contributed by atoms with Gasteiger partial charge in [0, 0.05) is 52.0 Å². The van der Waals surface area contributed by atoms with Gasteiger partial charge in [-0.05, 0) is 42.3 Å². The zero-order chi connectivity index (χ0) is 23.4. The van der Waals surface area contributed by atoms with Crippen LogP contribution in [0.3, 0.4) is 0 Å². The van der Waals surface area contributed by atoms with Crippen molar-refractivity contribution in [2.24, 2.45) is 0 Å². The van der Waals surface area contributed by atoms with Crippen molar-refractivity contribution < 1.29 is 19.0 Å². The predicted molar refractivity (Wildman–Crippen MR) is 126 cm³/mol. The highest BCUT2D eigenvalue weighted by Gasteiger charge is 2.33. The zero-order valence-corrected chi connectivity index (χ0v) is 19.4. The Hall–Kier alpha value is -3.01. The van der Waals surface area contributed by atoms with Crippen LogP contribution in [0.15, 0.2) is 54.2 Å². The summed E-state index contributed by atoms with van der Waals surface area (Å²) in [6.45, 7) is 1.92. The molecule has 1 amide bonds. The van der Waals surface area contributed by atoms with Gasteiger partial charge in [-0.15, -0.1) is 11.3 Å². The molecular weight excluding hydrogens is 443 g/mol. The topological polar surface area (TPSA) is 77.9 Å². The summed E-state index contributed by atoms with van der Waals surface area (Å²) in [5.41, 5.74) is 2.00. The van der Waals surface area contributed by atoms with E-state index in [0.717, 1.165) is 5.69 Å². The van der Waals surface area contributed by atoms with E-state index in [1.165, 1.54) is 23.5 Å². The molecule has 3 heterocycles. The first kappa shape index (κ1) is 23.2. The number of aromatic nitrogens is 1. The molecule has 1 aliphatic rings. The van der Waals surface area contributed by atoms with Gasteiger partial charge in [-0.3, -0.25) is 9.78 Å². The van der Waals surface area contributed by atoms with Crippen LogP contribution in [-0.4, -0.2) is 54.6 Å². The minimum Gasteiger partial charge on any atom is -0.454 e. The number of pyridine rings is 1. The third-order valence-electron chi connectivity index (χ3n) is 5.70. The number of fused-ring (bicyclic) bond motifs is 1. The molecule has 1 aliphatic heterocycles. The van der Waals surface area contributed by atoms with Gasteiger partial charge < -0.3 is 25.0 Å². The molecule has 174 valence electrons. The number of thiophene rings is 1. The van der Waals surface area contributed by atoms with Crippen LogP contribution in [0.25, 0.3) is 0 Å². The van der Waals surface area contributed by atoms with Gasteiger partial charge in [-0.2, -0.15) is 0 Å². The molecule has 4 rings (SSSR count). The van der Waals surface area contributed by atoms with Gasteiger partial charge in [-0.25, -0.2) is 4.39 Å². The van der Waals surface area contributed by atoms with E-state index in [2.05, 4.69) is 10.3 Å². The molecule has 2 aromatic heterocycles. The molecule has 0 saturated heterocycles. The van der Waals surface area contributed by atoms with E-state index in [-0.39, 0.29) is 24.6 Å². The summed E-state index contributed by atoms with van der Waals surface area (Å²) in [6.07, 6.45) is 3.50. The number of ether oxygens (including phenoxy) is 1. The van der Waals surface area contributed by atoms with Gasteiger partial charge in [0.15, 0.2) is 11.6 Å². The number of nitrogens with zero attached hydrogens (tertiary/aromatic N) is 3. The van der Waals surface area contributed by atoms with Crippen LogP contribution in [0.4, 0.5) is 10.1 Å². The van der Waals surface area contributed by atoms with Crippen LogP contribution in [-0.2, 0) is 12.3 Å². The summed E-state index contributed by atoms with van der Waals surface area (Å²) in [4.78, 5) is 21.5. The Kier molecular flexibility index (Phi) is 6.92. The molecule has 2 N–H and O–H groups in total. The maximum atomic E-state index is 15.0. The van der Waals surface area contributed by atoms with Crippen LogP contribution in [0.1, 0.15) is 27.2 Å². The molecule has 3 aromatic rings. The molecule has 0 spiro atoms. The van der Waals surface area contributed by atoms with E-state index in [1.54, 1.807) is 36.5 Å². The van der Waals surface area contributed by atoms with Gasteiger partial charge in [0.25, 0.3) is 5.91 Å². The number of amides is 1. The number of halogens is 1. The lowest BCUT2D eigenvalue weighted by atomic mass is 10.1. The second kappa shape index (κ2) is 9.86. The average molecular weight is 471 g/mol. The van der Waals surface area contributed by atoms with Gasteiger partial charge in [0.1, 0.15) is 0 Å². The van der Waals surface area contributed by atoms with Crippen molar-refractivity contribution in [1.29, 1.82) is 0 Å². The molecule has 33 heavy (non-hydrogen) atoms. The Bertz CT molecular complexity index is 1110. The summed E-state index contributed by atoms with van der Waals surface area (Å²) in [7, 11) is 3.71. The molecule has 0 radical (unpaired) electrons. The number of hydrogen-bond acceptors (Lipinski definition) is 7. The number of nitrogens with one attached hydrogen (secondary N) is 1. The number of aliphatic hydroxyl groups is 1. The summed E-state index contributed by atoms with van der Waals surface area (Å²) < 4.78 is 20.8. The van der Waals surface area contributed by atoms with E-state index in [0.29, 0.717) is 35.6 Å². The molecule has 7 nitrogen and oxygen atoms in total. The molecule has 1 atom stereocenters. The highest BCUT2D eigenvalue weighted by Crippen LogP contribution is 2.34. The van der Waals surface area contributed by atoms with Crippen molar-refractivity contribution in [3.05, 3.63) is 76.0 Å². The van der Waals surface area contributed by atoms with Gasteiger partial charge >= 0.3 is 0 Å². The standard InChI is InChI=1S/C24H27FN4O3S/c1-26-10-8-24(31,22-4-3-13-33-22)32-21-6-5-17(14-19(21)25)16-29-12-11-28(2)20-7-9-27-15-18(20)23(29)30/h3-7,9,13-15,26,31H,8,10-12,16H2,1-2H3/t24-/m1/s1. The van der Waals surface area contributed by atoms with Crippen LogP contribution >= 0.6 is 11.3 Å². The third kappa shape index (κ3) is 5.00. The van der Waals surface area contributed by atoms with Gasteiger partial charge in [-0.1, -0.05) is 12.1 Å². The average Bonchev–Trinajstić information content (AvgIpc) is 3.34. The number of benzene rings is 1. The maximum absolute atomic E-state index is 15.0. The third-order valence-corrected chi connectivity index (χ3v) is 6.70. The monoisotopic (exact) mass is 470 g/mol. The van der Waals surface area contributed by atoms with E-state index in [4.69, 9.17) is 4.74 Å². The van der Waals surface area contributed by atoms with Crippen molar-refractivity contribution in [1.82, 2.24) is 15.2 Å². The Morgan fingerprint density at radius 3 is 2.88 bits per heavy atom. The van der Waals surface area contributed by atoms with Gasteiger partial charge in [0.05, 0.1) is 16.1 Å². The molecule has 0 unspecified atom stereocenters. The molecular formula is C24H27FN4O3S. The first-order chi connectivity index (χ1) is 15.9. The quantitative estimate of drug-likeness (QED) is 0.493. The fourth-order valence-electron chi connectivity index (χ4n) is 3.85. The predicted octanol–water partition coefficient (Wildman–Crippen LogP) is 3.21. The lowest BCUT2D eigenvalue weighted by Gasteiger charge is -2.28. The summed E-state index contributed by atoms with van der Waals surface area (Å²) in [5, 5.41) is 15.9. The maximum Gasteiger partial charge on any atom is 0.257 e. The summed E-state index contributed by atoms with van der Waals surface area (Å²) >= 11 is 1.35. The highest BCUT2D eigenvalue weighted by molar-refractivity contribution is 7.10. The molecule has 0 bridgehead atoms. The SMILES string of the molecule is CNCC[C@@](O)(Oc1ccc(CN2CCN(C)c3ccncc3C2=O)cc1F)c1cccs1. The normalized spacial score (nSPS) is 15.7. The largest absolute Gasteiger partial charge is 0.454 e. The lowest BCUT2D eigenvalue weighted by molar-refractivity contribution is -0.149. The van der Waals surface area contributed by atoms with Crippen molar-refractivity contribution in [2.45, 2.75) is 18.8 Å². The Balaban J connectivity index is 1.53. The second-order valence-corrected chi connectivity index (χ2v) is 8.97. The summed E-state index contributed by atoms with van der Waals surface area (Å²) in [6, 6.07) is 9.99. The Morgan fingerprint density at radius 1 is 1.30 bits per heavy atom. The second-order valence-electron chi connectivity index (χ2n) is 8.02. The van der Waals surface area contributed by atoms with Crippen LogP contribution in [0, 0.1) is 5.82 Å². The fourth-order valence-corrected chi connectivity index (χ4v) is 4.63. The van der Waals surface area contributed by atoms with Crippen molar-refractivity contribution in [3.8, 4) is 5.75 Å². The highest BCUT2D eigenvalue weighted by atomic mass is 32.1. The molecule has 0 fully saturated rings.